The van der Waals surface area contributed by atoms with Crippen molar-refractivity contribution in [1.29, 1.82) is 0 Å². The van der Waals surface area contributed by atoms with Gasteiger partial charge in [0.25, 0.3) is 0 Å². The van der Waals surface area contributed by atoms with E-state index in [1.54, 1.807) is 0 Å². The molecule has 1 fully saturated rings. The van der Waals surface area contributed by atoms with Gasteiger partial charge in [0.05, 0.1) is 12.0 Å². The first-order valence-electron chi connectivity index (χ1n) is 5.86. The van der Waals surface area contributed by atoms with Crippen molar-refractivity contribution in [1.82, 2.24) is 10.9 Å². The maximum absolute atomic E-state index is 11.1. The number of rotatable bonds is 2. The van der Waals surface area contributed by atoms with E-state index in [0.717, 1.165) is 5.56 Å². The number of hydrogen-bond acceptors (Lipinski definition) is 5. The molecule has 6 heteroatoms. The van der Waals surface area contributed by atoms with Gasteiger partial charge in [0.15, 0.2) is 11.5 Å². The second-order valence-corrected chi connectivity index (χ2v) is 4.35. The summed E-state index contributed by atoms with van der Waals surface area (Å²) in [5, 5.41) is 9.15. The third-order valence-electron chi connectivity index (χ3n) is 3.22. The number of carboxylic acids is 1. The largest absolute Gasteiger partial charge is 0.486 e. The summed E-state index contributed by atoms with van der Waals surface area (Å²) in [5.41, 5.74) is 6.75. The summed E-state index contributed by atoms with van der Waals surface area (Å²) in [6.07, 6.45) is 0. The molecular weight excluding hydrogens is 236 g/mol. The van der Waals surface area contributed by atoms with Gasteiger partial charge in [0.1, 0.15) is 13.2 Å². The fourth-order valence-corrected chi connectivity index (χ4v) is 2.30. The SMILES string of the molecule is O=C(O)C1CNNC1c1ccc2c(c1)OCCO2. The van der Waals surface area contributed by atoms with Crippen molar-refractivity contribution in [2.24, 2.45) is 5.92 Å². The summed E-state index contributed by atoms with van der Waals surface area (Å²) in [5.74, 6) is 0.0966. The monoisotopic (exact) mass is 250 g/mol. The Balaban J connectivity index is 1.90. The molecule has 2 aliphatic rings. The van der Waals surface area contributed by atoms with E-state index in [9.17, 15) is 4.79 Å². The predicted molar refractivity (Wildman–Crippen MR) is 62.4 cm³/mol. The first-order chi connectivity index (χ1) is 8.75. The van der Waals surface area contributed by atoms with Crippen molar-refractivity contribution in [3.63, 3.8) is 0 Å². The minimum Gasteiger partial charge on any atom is -0.486 e. The fourth-order valence-electron chi connectivity index (χ4n) is 2.30. The van der Waals surface area contributed by atoms with Gasteiger partial charge in [-0.1, -0.05) is 6.07 Å². The van der Waals surface area contributed by atoms with Gasteiger partial charge in [-0.3, -0.25) is 10.2 Å². The summed E-state index contributed by atoms with van der Waals surface area (Å²) in [7, 11) is 0. The van der Waals surface area contributed by atoms with E-state index in [-0.39, 0.29) is 6.04 Å². The Hall–Kier alpha value is -1.79. The van der Waals surface area contributed by atoms with Gasteiger partial charge >= 0.3 is 5.97 Å². The summed E-state index contributed by atoms with van der Waals surface area (Å²) >= 11 is 0. The zero-order valence-electron chi connectivity index (χ0n) is 9.68. The maximum atomic E-state index is 11.1. The minimum absolute atomic E-state index is 0.252. The number of benzene rings is 1. The first kappa shape index (κ1) is 11.3. The molecule has 2 aliphatic heterocycles. The second kappa shape index (κ2) is 4.47. The number of carbonyl (C=O) groups is 1. The van der Waals surface area contributed by atoms with E-state index >= 15 is 0 Å². The molecule has 1 aromatic rings. The Labute approximate surface area is 104 Å². The molecule has 0 radical (unpaired) electrons. The second-order valence-electron chi connectivity index (χ2n) is 4.35. The van der Waals surface area contributed by atoms with Gasteiger partial charge in [0.2, 0.25) is 0 Å². The van der Waals surface area contributed by atoms with Gasteiger partial charge in [-0.25, -0.2) is 5.43 Å². The van der Waals surface area contributed by atoms with Crippen LogP contribution in [0.2, 0.25) is 0 Å². The van der Waals surface area contributed by atoms with Crippen molar-refractivity contribution >= 4 is 5.97 Å². The topological polar surface area (TPSA) is 79.8 Å². The Kier molecular flexibility index (Phi) is 2.81. The van der Waals surface area contributed by atoms with E-state index in [4.69, 9.17) is 14.6 Å². The lowest BCUT2D eigenvalue weighted by Gasteiger charge is -2.21. The molecule has 0 saturated carbocycles. The molecule has 0 bridgehead atoms. The zero-order valence-corrected chi connectivity index (χ0v) is 9.68. The van der Waals surface area contributed by atoms with Crippen LogP contribution in [0.5, 0.6) is 11.5 Å². The number of hydrogen-bond donors (Lipinski definition) is 3. The molecule has 96 valence electrons. The highest BCUT2D eigenvalue weighted by molar-refractivity contribution is 5.72. The fraction of sp³-hybridized carbons (Fsp3) is 0.417. The van der Waals surface area contributed by atoms with Crippen molar-refractivity contribution < 1.29 is 19.4 Å². The highest BCUT2D eigenvalue weighted by Crippen LogP contribution is 2.35. The molecule has 2 heterocycles. The van der Waals surface area contributed by atoms with Crippen LogP contribution < -0.4 is 20.3 Å². The van der Waals surface area contributed by atoms with E-state index in [2.05, 4.69) is 10.9 Å². The number of ether oxygens (including phenoxy) is 2. The molecule has 2 unspecified atom stereocenters. The van der Waals surface area contributed by atoms with Gasteiger partial charge < -0.3 is 14.6 Å². The molecule has 0 amide bonds. The Morgan fingerprint density at radius 1 is 1.28 bits per heavy atom. The Morgan fingerprint density at radius 3 is 2.83 bits per heavy atom. The highest BCUT2D eigenvalue weighted by atomic mass is 16.6. The van der Waals surface area contributed by atoms with E-state index in [0.29, 0.717) is 31.3 Å². The van der Waals surface area contributed by atoms with E-state index < -0.39 is 11.9 Å². The summed E-state index contributed by atoms with van der Waals surface area (Å²) in [6.45, 7) is 1.48. The molecule has 1 saturated heterocycles. The standard InChI is InChI=1S/C12H14N2O4/c15-12(16)8-6-13-14-11(8)7-1-2-9-10(5-7)18-4-3-17-9/h1-2,5,8,11,13-14H,3-4,6H2,(H,15,16). The molecule has 2 atom stereocenters. The van der Waals surface area contributed by atoms with Crippen LogP contribution in [-0.2, 0) is 4.79 Å². The number of fused-ring (bicyclic) bond motifs is 1. The lowest BCUT2D eigenvalue weighted by Crippen LogP contribution is -2.26. The average molecular weight is 250 g/mol. The zero-order chi connectivity index (χ0) is 12.5. The normalized spacial score (nSPS) is 26.0. The van der Waals surface area contributed by atoms with Crippen LogP contribution in [0.1, 0.15) is 11.6 Å². The number of carboxylic acid groups (broad SMARTS) is 1. The minimum atomic E-state index is -0.813. The van der Waals surface area contributed by atoms with Crippen molar-refractivity contribution in [3.8, 4) is 11.5 Å². The van der Waals surface area contributed by atoms with Crippen LogP contribution in [0.3, 0.4) is 0 Å². The lowest BCUT2D eigenvalue weighted by atomic mass is 9.95. The van der Waals surface area contributed by atoms with Crippen LogP contribution in [0.4, 0.5) is 0 Å². The maximum Gasteiger partial charge on any atom is 0.309 e. The molecule has 3 N–H and O–H groups in total. The third kappa shape index (κ3) is 1.89. The highest BCUT2D eigenvalue weighted by Gasteiger charge is 2.34. The van der Waals surface area contributed by atoms with Crippen LogP contribution >= 0.6 is 0 Å². The molecule has 0 aliphatic carbocycles. The quantitative estimate of drug-likeness (QED) is 0.701. The first-order valence-corrected chi connectivity index (χ1v) is 5.86. The molecule has 0 spiro atoms. The predicted octanol–water partition coefficient (Wildman–Crippen LogP) is 0.307. The van der Waals surface area contributed by atoms with Crippen molar-refractivity contribution in [2.75, 3.05) is 19.8 Å². The number of aliphatic carboxylic acids is 1. The van der Waals surface area contributed by atoms with Crippen molar-refractivity contribution in [3.05, 3.63) is 23.8 Å². The Morgan fingerprint density at radius 2 is 2.06 bits per heavy atom. The lowest BCUT2D eigenvalue weighted by molar-refractivity contribution is -0.141. The molecule has 1 aromatic carbocycles. The van der Waals surface area contributed by atoms with Gasteiger partial charge in [0, 0.05) is 6.54 Å². The summed E-state index contributed by atoms with van der Waals surface area (Å²) in [4.78, 5) is 11.1. The van der Waals surface area contributed by atoms with Crippen LogP contribution in [0.15, 0.2) is 18.2 Å². The molecule has 6 nitrogen and oxygen atoms in total. The number of nitrogens with one attached hydrogen (secondary N) is 2. The van der Waals surface area contributed by atoms with Crippen molar-refractivity contribution in [2.45, 2.75) is 6.04 Å². The Bertz CT molecular complexity index is 477. The smallest absolute Gasteiger partial charge is 0.309 e. The summed E-state index contributed by atoms with van der Waals surface area (Å²) in [6, 6.07) is 5.28. The van der Waals surface area contributed by atoms with Gasteiger partial charge in [-0.05, 0) is 17.7 Å². The van der Waals surface area contributed by atoms with Crippen LogP contribution in [0, 0.1) is 5.92 Å². The average Bonchev–Trinajstić information content (AvgIpc) is 2.87. The molecular formula is C12H14N2O4. The molecule has 0 aromatic heterocycles. The third-order valence-corrected chi connectivity index (χ3v) is 3.22. The molecule has 3 rings (SSSR count). The van der Waals surface area contributed by atoms with Gasteiger partial charge in [-0.2, -0.15) is 0 Å². The van der Waals surface area contributed by atoms with Gasteiger partial charge in [-0.15, -0.1) is 0 Å². The summed E-state index contributed by atoms with van der Waals surface area (Å²) < 4.78 is 10.9. The molecule has 18 heavy (non-hydrogen) atoms. The van der Waals surface area contributed by atoms with Crippen LogP contribution in [-0.4, -0.2) is 30.8 Å². The van der Waals surface area contributed by atoms with Crippen LogP contribution in [0.25, 0.3) is 0 Å². The van der Waals surface area contributed by atoms with E-state index in [1.165, 1.54) is 0 Å². The number of hydrazine groups is 1. The van der Waals surface area contributed by atoms with E-state index in [1.807, 2.05) is 18.2 Å².